The quantitative estimate of drug-likeness (QED) is 0.600. The molecule has 0 unspecified atom stereocenters. The predicted octanol–water partition coefficient (Wildman–Crippen LogP) is 0.808. The van der Waals surface area contributed by atoms with Gasteiger partial charge >= 0.3 is 0 Å². The van der Waals surface area contributed by atoms with Gasteiger partial charge in [-0.3, -0.25) is 4.57 Å². The number of aromatic hydroxyl groups is 2. The van der Waals surface area contributed by atoms with Gasteiger partial charge in [0.25, 0.3) is 0 Å². The summed E-state index contributed by atoms with van der Waals surface area (Å²) in [6.45, 7) is -0.404. The Kier molecular flexibility index (Phi) is 1.77. The fourth-order valence-corrected chi connectivity index (χ4v) is 1.65. The molecule has 0 aromatic carbocycles. The van der Waals surface area contributed by atoms with Gasteiger partial charge in [0.15, 0.2) is 5.88 Å². The number of aliphatic hydroxyl groups excluding tert-OH is 1. The van der Waals surface area contributed by atoms with E-state index in [4.69, 9.17) is 5.11 Å². The third-order valence-corrected chi connectivity index (χ3v) is 2.33. The number of allylic oxidation sites excluding steroid dienone is 1. The van der Waals surface area contributed by atoms with Gasteiger partial charge in [-0.1, -0.05) is 12.2 Å². The van der Waals surface area contributed by atoms with Gasteiger partial charge in [-0.25, -0.2) is 0 Å². The average Bonchev–Trinajstić information content (AvgIpc) is 2.41. The van der Waals surface area contributed by atoms with Crippen molar-refractivity contribution in [1.29, 1.82) is 0 Å². The minimum atomic E-state index is -0.404. The molecule has 0 fully saturated rings. The summed E-state index contributed by atoms with van der Waals surface area (Å²) in [4.78, 5) is 0. The molecule has 4 nitrogen and oxygen atoms in total. The highest BCUT2D eigenvalue weighted by molar-refractivity contribution is 5.65. The molecule has 0 radical (unpaired) electrons. The summed E-state index contributed by atoms with van der Waals surface area (Å²) in [5.41, 5.74) is 1.34. The Labute approximate surface area is 75.4 Å². The molecular weight excluding hydrogens is 170 g/mol. The van der Waals surface area contributed by atoms with Crippen LogP contribution in [0.5, 0.6) is 11.8 Å². The first-order valence-corrected chi connectivity index (χ1v) is 4.16. The Hall–Kier alpha value is -1.42. The predicted molar refractivity (Wildman–Crippen MR) is 47.3 cm³/mol. The molecule has 0 aliphatic heterocycles. The van der Waals surface area contributed by atoms with Crippen LogP contribution in [0, 0.1) is 0 Å². The van der Waals surface area contributed by atoms with Crippen LogP contribution in [0.2, 0.25) is 0 Å². The highest BCUT2D eigenvalue weighted by Gasteiger charge is 2.21. The number of hydrogen-bond acceptors (Lipinski definition) is 3. The van der Waals surface area contributed by atoms with E-state index in [0.717, 1.165) is 11.0 Å². The first kappa shape index (κ1) is 8.19. The van der Waals surface area contributed by atoms with Crippen molar-refractivity contribution in [3.63, 3.8) is 0 Å². The van der Waals surface area contributed by atoms with E-state index in [1.54, 1.807) is 6.08 Å². The van der Waals surface area contributed by atoms with Gasteiger partial charge in [0, 0.05) is 11.1 Å². The maximum atomic E-state index is 9.56. The Morgan fingerprint density at radius 1 is 1.31 bits per heavy atom. The standard InChI is InChI=1S/C9H11NO3/c11-5-10-8(12)6-3-1-2-4-7(6)9(10)13/h1,3,11-13H,2,4-5H2. The number of rotatable bonds is 1. The van der Waals surface area contributed by atoms with E-state index in [0.29, 0.717) is 17.5 Å². The van der Waals surface area contributed by atoms with Crippen LogP contribution in [0.3, 0.4) is 0 Å². The largest absolute Gasteiger partial charge is 0.494 e. The second-order valence-electron chi connectivity index (χ2n) is 3.05. The van der Waals surface area contributed by atoms with Gasteiger partial charge in [0.2, 0.25) is 5.88 Å². The molecule has 0 saturated carbocycles. The van der Waals surface area contributed by atoms with Crippen LogP contribution < -0.4 is 0 Å². The molecule has 1 heterocycles. The fraction of sp³-hybridized carbons (Fsp3) is 0.333. The summed E-state index contributed by atoms with van der Waals surface area (Å²) in [5, 5.41) is 28.0. The van der Waals surface area contributed by atoms with Gasteiger partial charge in [-0.05, 0) is 12.8 Å². The van der Waals surface area contributed by atoms with E-state index in [-0.39, 0.29) is 11.8 Å². The smallest absolute Gasteiger partial charge is 0.203 e. The number of aromatic nitrogens is 1. The first-order valence-electron chi connectivity index (χ1n) is 4.16. The highest BCUT2D eigenvalue weighted by Crippen LogP contribution is 2.37. The van der Waals surface area contributed by atoms with Crippen molar-refractivity contribution in [3.8, 4) is 11.8 Å². The third-order valence-electron chi connectivity index (χ3n) is 2.33. The van der Waals surface area contributed by atoms with Crippen LogP contribution in [-0.2, 0) is 13.2 Å². The summed E-state index contributed by atoms with van der Waals surface area (Å²) in [6.07, 6.45) is 5.26. The van der Waals surface area contributed by atoms with Crippen molar-refractivity contribution in [1.82, 2.24) is 4.57 Å². The molecule has 0 spiro atoms. The molecule has 1 aromatic rings. The average molecular weight is 181 g/mol. The SMILES string of the molecule is OCn1c(O)c2c(c1O)CCC=C2. The van der Waals surface area contributed by atoms with Gasteiger partial charge in [-0.15, -0.1) is 0 Å². The summed E-state index contributed by atoms with van der Waals surface area (Å²) in [7, 11) is 0. The Balaban J connectivity index is 2.64. The molecule has 1 aliphatic rings. The van der Waals surface area contributed by atoms with Crippen molar-refractivity contribution in [3.05, 3.63) is 17.2 Å². The monoisotopic (exact) mass is 181 g/mol. The van der Waals surface area contributed by atoms with E-state index in [1.165, 1.54) is 0 Å². The minimum Gasteiger partial charge on any atom is -0.494 e. The molecule has 0 saturated heterocycles. The minimum absolute atomic E-state index is 0.0284. The molecule has 3 N–H and O–H groups in total. The van der Waals surface area contributed by atoms with Crippen molar-refractivity contribution < 1.29 is 15.3 Å². The van der Waals surface area contributed by atoms with E-state index in [2.05, 4.69) is 0 Å². The van der Waals surface area contributed by atoms with Crippen LogP contribution in [0.1, 0.15) is 17.5 Å². The van der Waals surface area contributed by atoms with E-state index >= 15 is 0 Å². The van der Waals surface area contributed by atoms with Crippen LogP contribution in [-0.4, -0.2) is 19.9 Å². The van der Waals surface area contributed by atoms with Crippen molar-refractivity contribution in [2.75, 3.05) is 0 Å². The van der Waals surface area contributed by atoms with E-state index < -0.39 is 6.73 Å². The molecule has 13 heavy (non-hydrogen) atoms. The number of hydrogen-bond donors (Lipinski definition) is 3. The lowest BCUT2D eigenvalue weighted by molar-refractivity contribution is 0.182. The Morgan fingerprint density at radius 2 is 2.08 bits per heavy atom. The lowest BCUT2D eigenvalue weighted by atomic mass is 10.0. The fourth-order valence-electron chi connectivity index (χ4n) is 1.65. The zero-order chi connectivity index (χ0) is 9.42. The summed E-state index contributed by atoms with van der Waals surface area (Å²) >= 11 is 0. The Morgan fingerprint density at radius 3 is 2.69 bits per heavy atom. The third kappa shape index (κ3) is 1.02. The Bertz CT molecular complexity index is 365. The van der Waals surface area contributed by atoms with Crippen LogP contribution in [0.15, 0.2) is 6.08 Å². The summed E-state index contributed by atoms with van der Waals surface area (Å²) < 4.78 is 1.08. The van der Waals surface area contributed by atoms with Crippen molar-refractivity contribution >= 4 is 6.08 Å². The molecule has 1 aliphatic carbocycles. The number of aliphatic hydroxyl groups is 1. The molecule has 1 aromatic heterocycles. The first-order chi connectivity index (χ1) is 6.25. The zero-order valence-corrected chi connectivity index (χ0v) is 7.06. The van der Waals surface area contributed by atoms with Gasteiger partial charge in [-0.2, -0.15) is 0 Å². The lowest BCUT2D eigenvalue weighted by Gasteiger charge is -2.03. The van der Waals surface area contributed by atoms with Crippen LogP contribution >= 0.6 is 0 Å². The van der Waals surface area contributed by atoms with E-state index in [9.17, 15) is 10.2 Å². The zero-order valence-electron chi connectivity index (χ0n) is 7.06. The summed E-state index contributed by atoms with van der Waals surface area (Å²) in [5.74, 6) is -0.0923. The molecule has 0 atom stereocenters. The molecule has 4 heteroatoms. The molecule has 70 valence electrons. The second kappa shape index (κ2) is 2.81. The molecule has 0 bridgehead atoms. The second-order valence-corrected chi connectivity index (χ2v) is 3.05. The van der Waals surface area contributed by atoms with Crippen molar-refractivity contribution in [2.24, 2.45) is 0 Å². The summed E-state index contributed by atoms with van der Waals surface area (Å²) in [6, 6.07) is 0. The van der Waals surface area contributed by atoms with Gasteiger partial charge in [0.05, 0.1) is 0 Å². The van der Waals surface area contributed by atoms with Gasteiger partial charge in [0.1, 0.15) is 6.73 Å². The van der Waals surface area contributed by atoms with Crippen LogP contribution in [0.4, 0.5) is 0 Å². The topological polar surface area (TPSA) is 65.6 Å². The van der Waals surface area contributed by atoms with Gasteiger partial charge < -0.3 is 15.3 Å². The molecular formula is C9H11NO3. The van der Waals surface area contributed by atoms with E-state index in [1.807, 2.05) is 6.08 Å². The molecule has 2 rings (SSSR count). The number of fused-ring (bicyclic) bond motifs is 1. The number of nitrogens with zero attached hydrogens (tertiary/aromatic N) is 1. The maximum Gasteiger partial charge on any atom is 0.203 e. The lowest BCUT2D eigenvalue weighted by Crippen LogP contribution is -1.94. The van der Waals surface area contributed by atoms with Crippen LogP contribution in [0.25, 0.3) is 6.08 Å². The normalized spacial score (nSPS) is 14.5. The maximum absolute atomic E-state index is 9.56. The van der Waals surface area contributed by atoms with Crippen molar-refractivity contribution in [2.45, 2.75) is 19.6 Å². The molecule has 0 amide bonds. The highest BCUT2D eigenvalue weighted by atomic mass is 16.3.